The highest BCUT2D eigenvalue weighted by Gasteiger charge is 2.37. The third kappa shape index (κ3) is 3.02. The number of halogens is 1. The second-order valence-electron chi connectivity index (χ2n) is 5.16. The summed E-state index contributed by atoms with van der Waals surface area (Å²) in [6.45, 7) is 0. The number of rotatable bonds is 5. The van der Waals surface area contributed by atoms with Crippen molar-refractivity contribution in [3.8, 4) is 0 Å². The number of sulfonamides is 1. The molecule has 0 radical (unpaired) electrons. The van der Waals surface area contributed by atoms with Crippen molar-refractivity contribution in [2.24, 2.45) is 13.0 Å². The molecule has 1 fully saturated rings. The molecule has 1 aromatic heterocycles. The summed E-state index contributed by atoms with van der Waals surface area (Å²) >= 11 is 3.14. The molecule has 1 aliphatic rings. The topological polar surface area (TPSA) is 76.9 Å². The first kappa shape index (κ1) is 14.7. The molecular formula is C13H15BrN4O2S. The fraction of sp³-hybridized carbons (Fsp3) is 0.385. The normalized spacial score (nSPS) is 16.9. The monoisotopic (exact) mass is 370 g/mol. The van der Waals surface area contributed by atoms with E-state index in [4.69, 9.17) is 0 Å². The second-order valence-corrected chi connectivity index (χ2v) is 7.54. The van der Waals surface area contributed by atoms with Gasteiger partial charge < -0.3 is 0 Å². The summed E-state index contributed by atoms with van der Waals surface area (Å²) in [4.78, 5) is 0. The van der Waals surface area contributed by atoms with Crippen LogP contribution in [0.2, 0.25) is 0 Å². The van der Waals surface area contributed by atoms with E-state index in [0.717, 1.165) is 18.4 Å². The Kier molecular flexibility index (Phi) is 3.85. The first-order valence-electron chi connectivity index (χ1n) is 6.61. The molecule has 1 N–H and O–H groups in total. The average molecular weight is 371 g/mol. The van der Waals surface area contributed by atoms with E-state index in [9.17, 15) is 8.42 Å². The zero-order valence-electron chi connectivity index (χ0n) is 11.4. The van der Waals surface area contributed by atoms with E-state index in [0.29, 0.717) is 5.92 Å². The van der Waals surface area contributed by atoms with E-state index in [-0.39, 0.29) is 15.7 Å². The lowest BCUT2D eigenvalue weighted by Gasteiger charge is -2.18. The van der Waals surface area contributed by atoms with Gasteiger partial charge in [0, 0.05) is 13.1 Å². The predicted octanol–water partition coefficient (Wildman–Crippen LogP) is 2.01. The van der Waals surface area contributed by atoms with E-state index in [2.05, 4.69) is 31.0 Å². The Morgan fingerprint density at radius 1 is 1.33 bits per heavy atom. The highest BCUT2D eigenvalue weighted by Crippen LogP contribution is 2.41. The van der Waals surface area contributed by atoms with Gasteiger partial charge in [0.05, 0.1) is 0 Å². The van der Waals surface area contributed by atoms with E-state index >= 15 is 0 Å². The van der Waals surface area contributed by atoms with Gasteiger partial charge in [-0.2, -0.15) is 0 Å². The van der Waals surface area contributed by atoms with Gasteiger partial charge >= 0.3 is 0 Å². The Labute approximate surface area is 131 Å². The number of nitrogens with one attached hydrogen (secondary N) is 1. The Morgan fingerprint density at radius 2 is 2.00 bits per heavy atom. The van der Waals surface area contributed by atoms with E-state index in [1.165, 1.54) is 4.68 Å². The summed E-state index contributed by atoms with van der Waals surface area (Å²) in [6.07, 6.45) is 2.07. The van der Waals surface area contributed by atoms with Crippen LogP contribution in [0.3, 0.4) is 0 Å². The van der Waals surface area contributed by atoms with Crippen molar-refractivity contribution in [2.75, 3.05) is 0 Å². The fourth-order valence-corrected chi connectivity index (χ4v) is 4.75. The molecule has 2 aromatic rings. The molecule has 0 aliphatic heterocycles. The minimum atomic E-state index is -3.69. The SMILES string of the molecule is Cn1nnc(Br)c1S(=O)(=O)NC(c1ccccc1)C1CC1. The zero-order chi connectivity index (χ0) is 15.0. The minimum Gasteiger partial charge on any atom is -0.235 e. The van der Waals surface area contributed by atoms with Crippen molar-refractivity contribution in [3.05, 3.63) is 40.5 Å². The van der Waals surface area contributed by atoms with Crippen LogP contribution in [0.4, 0.5) is 0 Å². The molecule has 1 aliphatic carbocycles. The lowest BCUT2D eigenvalue weighted by molar-refractivity contribution is 0.517. The smallest absolute Gasteiger partial charge is 0.235 e. The van der Waals surface area contributed by atoms with Crippen LogP contribution in [0.15, 0.2) is 40.0 Å². The summed E-state index contributed by atoms with van der Waals surface area (Å²) in [7, 11) is -2.13. The van der Waals surface area contributed by atoms with Gasteiger partial charge in [0.2, 0.25) is 5.03 Å². The van der Waals surface area contributed by atoms with Crippen LogP contribution in [0.5, 0.6) is 0 Å². The lowest BCUT2D eigenvalue weighted by Crippen LogP contribution is -2.31. The van der Waals surface area contributed by atoms with Crippen molar-refractivity contribution < 1.29 is 8.42 Å². The molecule has 3 rings (SSSR count). The first-order valence-corrected chi connectivity index (χ1v) is 8.89. The van der Waals surface area contributed by atoms with Gasteiger partial charge in [-0.3, -0.25) is 0 Å². The highest BCUT2D eigenvalue weighted by atomic mass is 79.9. The minimum absolute atomic E-state index is 0.0454. The molecule has 21 heavy (non-hydrogen) atoms. The molecule has 8 heteroatoms. The van der Waals surface area contributed by atoms with Crippen LogP contribution in [0, 0.1) is 5.92 Å². The summed E-state index contributed by atoms with van der Waals surface area (Å²) in [5.41, 5.74) is 0.981. The van der Waals surface area contributed by atoms with Crippen molar-refractivity contribution in [2.45, 2.75) is 23.9 Å². The Morgan fingerprint density at radius 3 is 2.52 bits per heavy atom. The number of hydrogen-bond donors (Lipinski definition) is 1. The molecule has 1 atom stereocenters. The molecule has 1 saturated carbocycles. The quantitative estimate of drug-likeness (QED) is 0.872. The number of aryl methyl sites for hydroxylation is 1. The highest BCUT2D eigenvalue weighted by molar-refractivity contribution is 9.10. The van der Waals surface area contributed by atoms with Crippen molar-refractivity contribution >= 4 is 26.0 Å². The van der Waals surface area contributed by atoms with Gasteiger partial charge in [-0.25, -0.2) is 17.8 Å². The second kappa shape index (κ2) is 5.51. The van der Waals surface area contributed by atoms with Crippen LogP contribution >= 0.6 is 15.9 Å². The molecule has 0 saturated heterocycles. The Balaban J connectivity index is 1.93. The fourth-order valence-electron chi connectivity index (χ4n) is 2.36. The third-order valence-corrected chi connectivity index (χ3v) is 5.85. The van der Waals surface area contributed by atoms with Gasteiger partial charge in [0.1, 0.15) is 0 Å². The predicted molar refractivity (Wildman–Crippen MR) is 80.9 cm³/mol. The first-order chi connectivity index (χ1) is 9.99. The third-order valence-electron chi connectivity index (χ3n) is 3.53. The molecule has 1 aromatic carbocycles. The van der Waals surface area contributed by atoms with Crippen molar-refractivity contribution in [3.63, 3.8) is 0 Å². The lowest BCUT2D eigenvalue weighted by atomic mass is 10.0. The van der Waals surface area contributed by atoms with Gasteiger partial charge in [-0.1, -0.05) is 35.5 Å². The van der Waals surface area contributed by atoms with Crippen LogP contribution in [0.1, 0.15) is 24.4 Å². The van der Waals surface area contributed by atoms with Crippen LogP contribution < -0.4 is 4.72 Å². The van der Waals surface area contributed by atoms with E-state index in [1.807, 2.05) is 30.3 Å². The molecule has 1 unspecified atom stereocenters. The summed E-state index contributed by atoms with van der Waals surface area (Å²) in [6, 6.07) is 9.44. The summed E-state index contributed by atoms with van der Waals surface area (Å²) < 4.78 is 29.5. The largest absolute Gasteiger partial charge is 0.261 e. The average Bonchev–Trinajstić information content (AvgIpc) is 3.23. The number of hydrogen-bond acceptors (Lipinski definition) is 4. The van der Waals surface area contributed by atoms with Gasteiger partial charge in [0.15, 0.2) is 4.60 Å². The van der Waals surface area contributed by atoms with Crippen LogP contribution in [-0.4, -0.2) is 23.4 Å². The van der Waals surface area contributed by atoms with Crippen molar-refractivity contribution in [1.29, 1.82) is 0 Å². The Hall–Kier alpha value is -1.25. The molecular weight excluding hydrogens is 356 g/mol. The molecule has 0 amide bonds. The molecule has 0 spiro atoms. The molecule has 112 valence electrons. The Bertz CT molecular complexity index is 721. The van der Waals surface area contributed by atoms with Crippen LogP contribution in [-0.2, 0) is 17.1 Å². The zero-order valence-corrected chi connectivity index (χ0v) is 13.8. The maximum absolute atomic E-state index is 12.6. The standard InChI is InChI=1S/C13H15BrN4O2S/c1-18-13(12(14)15-17-18)21(19,20)16-11(10-7-8-10)9-5-3-2-4-6-9/h2-6,10-11,16H,7-8H2,1H3. The van der Waals surface area contributed by atoms with E-state index < -0.39 is 10.0 Å². The summed E-state index contributed by atoms with van der Waals surface area (Å²) in [5.74, 6) is 0.349. The number of benzene rings is 1. The number of nitrogens with zero attached hydrogens (tertiary/aromatic N) is 3. The summed E-state index contributed by atoms with van der Waals surface area (Å²) in [5, 5.41) is 7.50. The molecule has 6 nitrogen and oxygen atoms in total. The number of aromatic nitrogens is 3. The molecule has 0 bridgehead atoms. The van der Waals surface area contributed by atoms with Crippen LogP contribution in [0.25, 0.3) is 0 Å². The maximum atomic E-state index is 12.6. The molecule has 1 heterocycles. The van der Waals surface area contributed by atoms with E-state index in [1.54, 1.807) is 7.05 Å². The van der Waals surface area contributed by atoms with Crippen molar-refractivity contribution in [1.82, 2.24) is 19.7 Å². The maximum Gasteiger partial charge on any atom is 0.261 e. The van der Waals surface area contributed by atoms with Gasteiger partial charge in [-0.05, 0) is 40.3 Å². The van der Waals surface area contributed by atoms with Gasteiger partial charge in [0.25, 0.3) is 10.0 Å². The van der Waals surface area contributed by atoms with Gasteiger partial charge in [-0.15, -0.1) is 5.10 Å².